The second kappa shape index (κ2) is 5.07. The van der Waals surface area contributed by atoms with Crippen LogP contribution in [0.4, 0.5) is 13.2 Å². The summed E-state index contributed by atoms with van der Waals surface area (Å²) in [5.41, 5.74) is 4.46. The number of nitrogens with two attached hydrogens (primary N) is 1. The molecule has 0 bridgehead atoms. The van der Waals surface area contributed by atoms with Gasteiger partial charge in [-0.15, -0.1) is 0 Å². The third-order valence-corrected chi connectivity index (χ3v) is 2.03. The Labute approximate surface area is 96.9 Å². The maximum Gasteiger partial charge on any atom is 0.416 e. The molecule has 1 aromatic rings. The summed E-state index contributed by atoms with van der Waals surface area (Å²) in [5.74, 6) is 0.302. The largest absolute Gasteiger partial charge is 0.490 e. The van der Waals surface area contributed by atoms with Crippen LogP contribution < -0.4 is 10.5 Å². The fourth-order valence-corrected chi connectivity index (χ4v) is 1.31. The highest BCUT2D eigenvalue weighted by molar-refractivity contribution is 5.77. The minimum atomic E-state index is -4.34. The van der Waals surface area contributed by atoms with E-state index in [1.54, 1.807) is 6.92 Å². The summed E-state index contributed by atoms with van der Waals surface area (Å²) in [6, 6.07) is 4.41. The molecule has 0 fully saturated rings. The Hall–Kier alpha value is -1.72. The summed E-state index contributed by atoms with van der Waals surface area (Å²) in [4.78, 5) is 0. The zero-order chi connectivity index (χ0) is 13.1. The molecule has 0 radical (unpaired) electrons. The van der Waals surface area contributed by atoms with Crippen LogP contribution in [0.2, 0.25) is 0 Å². The molecule has 0 aromatic heterocycles. The zero-order valence-electron chi connectivity index (χ0n) is 9.21. The summed E-state index contributed by atoms with van der Waals surface area (Å²) in [6.07, 6.45) is -4.45. The van der Waals surface area contributed by atoms with E-state index in [0.717, 1.165) is 12.1 Å². The van der Waals surface area contributed by atoms with E-state index < -0.39 is 11.7 Å². The topological polar surface area (TPSA) is 59.1 Å². The lowest BCUT2D eigenvalue weighted by Gasteiger charge is -2.14. The molecule has 0 heterocycles. The van der Waals surface area contributed by atoms with Crippen LogP contribution in [-0.4, -0.2) is 11.9 Å². The molecule has 3 N–H and O–H groups in total. The number of amidine groups is 1. The van der Waals surface area contributed by atoms with E-state index in [0.29, 0.717) is 5.75 Å². The molecule has 0 aliphatic carbocycles. The van der Waals surface area contributed by atoms with E-state index in [-0.39, 0.29) is 18.4 Å². The van der Waals surface area contributed by atoms with Gasteiger partial charge in [-0.1, -0.05) is 0 Å². The molecule has 94 valence electrons. The van der Waals surface area contributed by atoms with Gasteiger partial charge in [0, 0.05) is 6.42 Å². The van der Waals surface area contributed by atoms with Gasteiger partial charge >= 0.3 is 6.18 Å². The Bertz CT molecular complexity index is 387. The fraction of sp³-hybridized carbons (Fsp3) is 0.364. The van der Waals surface area contributed by atoms with Crippen molar-refractivity contribution in [2.24, 2.45) is 5.73 Å². The molecule has 6 heteroatoms. The molecule has 0 saturated heterocycles. The molecule has 0 aliphatic rings. The highest BCUT2D eigenvalue weighted by Crippen LogP contribution is 2.30. The van der Waals surface area contributed by atoms with Crippen LogP contribution >= 0.6 is 0 Å². The van der Waals surface area contributed by atoms with Gasteiger partial charge in [-0.05, 0) is 31.2 Å². The summed E-state index contributed by atoms with van der Waals surface area (Å²) in [6.45, 7) is 1.69. The van der Waals surface area contributed by atoms with Crippen molar-refractivity contribution in [1.29, 1.82) is 5.41 Å². The molecular formula is C11H13F3N2O. The maximum atomic E-state index is 12.3. The highest BCUT2D eigenvalue weighted by atomic mass is 19.4. The van der Waals surface area contributed by atoms with Crippen molar-refractivity contribution >= 4 is 5.84 Å². The third-order valence-electron chi connectivity index (χ3n) is 2.03. The standard InChI is InChI=1S/C11H13F3N2O/c1-7(6-10(15)16)17-9-4-2-8(3-5-9)11(12,13)14/h2-5,7H,6H2,1H3,(H3,15,16). The Morgan fingerprint density at radius 2 is 1.88 bits per heavy atom. The first-order valence-electron chi connectivity index (χ1n) is 4.96. The van der Waals surface area contributed by atoms with Crippen LogP contribution in [0.5, 0.6) is 5.75 Å². The zero-order valence-corrected chi connectivity index (χ0v) is 9.21. The summed E-state index contributed by atoms with van der Waals surface area (Å²) in [7, 11) is 0. The molecule has 0 spiro atoms. The lowest BCUT2D eigenvalue weighted by Crippen LogP contribution is -2.21. The second-order valence-electron chi connectivity index (χ2n) is 3.68. The van der Waals surface area contributed by atoms with Crippen LogP contribution in [0.3, 0.4) is 0 Å². The number of alkyl halides is 3. The number of hydrogen-bond acceptors (Lipinski definition) is 2. The van der Waals surface area contributed by atoms with Crippen LogP contribution in [0.25, 0.3) is 0 Å². The van der Waals surface area contributed by atoms with Gasteiger partial charge in [-0.25, -0.2) is 0 Å². The van der Waals surface area contributed by atoms with Crippen molar-refractivity contribution in [2.75, 3.05) is 0 Å². The fourth-order valence-electron chi connectivity index (χ4n) is 1.31. The first kappa shape index (κ1) is 13.3. The van der Waals surface area contributed by atoms with Crippen molar-refractivity contribution in [3.8, 4) is 5.75 Å². The third kappa shape index (κ3) is 4.34. The Morgan fingerprint density at radius 3 is 2.29 bits per heavy atom. The molecule has 1 atom stereocenters. The van der Waals surface area contributed by atoms with Gasteiger partial charge < -0.3 is 10.5 Å². The molecule has 1 unspecified atom stereocenters. The highest BCUT2D eigenvalue weighted by Gasteiger charge is 2.30. The molecule has 0 amide bonds. The van der Waals surface area contributed by atoms with Crippen molar-refractivity contribution in [3.05, 3.63) is 29.8 Å². The van der Waals surface area contributed by atoms with E-state index in [2.05, 4.69) is 0 Å². The average molecular weight is 246 g/mol. The van der Waals surface area contributed by atoms with Gasteiger partial charge in [0.05, 0.1) is 11.4 Å². The lowest BCUT2D eigenvalue weighted by molar-refractivity contribution is -0.137. The van der Waals surface area contributed by atoms with Crippen molar-refractivity contribution in [3.63, 3.8) is 0 Å². The first-order chi connectivity index (χ1) is 7.79. The van der Waals surface area contributed by atoms with Crippen LogP contribution in [0.1, 0.15) is 18.9 Å². The first-order valence-corrected chi connectivity index (χ1v) is 4.96. The van der Waals surface area contributed by atoms with Crippen LogP contribution in [0, 0.1) is 5.41 Å². The Kier molecular flexibility index (Phi) is 3.98. The van der Waals surface area contributed by atoms with Crippen LogP contribution in [0.15, 0.2) is 24.3 Å². The predicted molar refractivity (Wildman–Crippen MR) is 58.1 cm³/mol. The predicted octanol–water partition coefficient (Wildman–Crippen LogP) is 2.80. The lowest BCUT2D eigenvalue weighted by atomic mass is 10.2. The van der Waals surface area contributed by atoms with Crippen molar-refractivity contribution < 1.29 is 17.9 Å². The molecule has 1 aromatic carbocycles. The summed E-state index contributed by atoms with van der Waals surface area (Å²) in [5, 5.41) is 7.06. The second-order valence-corrected chi connectivity index (χ2v) is 3.68. The van der Waals surface area contributed by atoms with E-state index in [1.165, 1.54) is 12.1 Å². The number of rotatable bonds is 4. The van der Waals surface area contributed by atoms with E-state index in [1.807, 2.05) is 0 Å². The monoisotopic (exact) mass is 246 g/mol. The van der Waals surface area contributed by atoms with Gasteiger partial charge in [0.25, 0.3) is 0 Å². The number of benzene rings is 1. The van der Waals surface area contributed by atoms with Gasteiger partial charge in [-0.2, -0.15) is 13.2 Å². The van der Waals surface area contributed by atoms with E-state index in [9.17, 15) is 13.2 Å². The SMILES string of the molecule is CC(CC(=N)N)Oc1ccc(C(F)(F)F)cc1. The smallest absolute Gasteiger partial charge is 0.416 e. The molecule has 3 nitrogen and oxygen atoms in total. The molecular weight excluding hydrogens is 233 g/mol. The molecule has 0 saturated carbocycles. The van der Waals surface area contributed by atoms with Crippen LogP contribution in [-0.2, 0) is 6.18 Å². The van der Waals surface area contributed by atoms with Crippen molar-refractivity contribution in [1.82, 2.24) is 0 Å². The Balaban J connectivity index is 2.66. The normalized spacial score (nSPS) is 13.2. The Morgan fingerprint density at radius 1 is 1.35 bits per heavy atom. The van der Waals surface area contributed by atoms with Crippen molar-refractivity contribution in [2.45, 2.75) is 25.6 Å². The van der Waals surface area contributed by atoms with Gasteiger partial charge in [0.1, 0.15) is 11.9 Å². The quantitative estimate of drug-likeness (QED) is 0.634. The minimum Gasteiger partial charge on any atom is -0.490 e. The van der Waals surface area contributed by atoms with E-state index >= 15 is 0 Å². The molecule has 0 aliphatic heterocycles. The summed E-state index contributed by atoms with van der Waals surface area (Å²) >= 11 is 0. The van der Waals surface area contributed by atoms with Gasteiger partial charge in [0.15, 0.2) is 0 Å². The average Bonchev–Trinajstić information content (AvgIpc) is 2.15. The molecule has 17 heavy (non-hydrogen) atoms. The number of hydrogen-bond donors (Lipinski definition) is 2. The number of ether oxygens (including phenoxy) is 1. The summed E-state index contributed by atoms with van der Waals surface area (Å²) < 4.78 is 42.1. The van der Waals surface area contributed by atoms with E-state index in [4.69, 9.17) is 15.9 Å². The number of nitrogens with one attached hydrogen (secondary N) is 1. The van der Waals surface area contributed by atoms with Gasteiger partial charge in [-0.3, -0.25) is 5.41 Å². The molecule has 1 rings (SSSR count). The van der Waals surface area contributed by atoms with Gasteiger partial charge in [0.2, 0.25) is 0 Å². The number of halogens is 3. The maximum absolute atomic E-state index is 12.3. The minimum absolute atomic E-state index is 0.0237.